The molecule has 1 atom stereocenters. The summed E-state index contributed by atoms with van der Waals surface area (Å²) in [5.74, 6) is 1.08. The Morgan fingerprint density at radius 3 is 2.52 bits per heavy atom. The van der Waals surface area contributed by atoms with Crippen LogP contribution in [0.25, 0.3) is 22.6 Å². The topological polar surface area (TPSA) is 84.6 Å². The number of thioether (sulfide) groups is 1. The number of amides is 2. The molecule has 8 nitrogen and oxygen atoms in total. The van der Waals surface area contributed by atoms with Gasteiger partial charge in [-0.15, -0.1) is 18.3 Å². The van der Waals surface area contributed by atoms with Gasteiger partial charge in [0, 0.05) is 28.7 Å². The van der Waals surface area contributed by atoms with Crippen LogP contribution in [0.2, 0.25) is 0 Å². The fourth-order valence-corrected chi connectivity index (χ4v) is 6.97. The largest absolute Gasteiger partial charge is 0.573 e. The number of allylic oxidation sites excluding steroid dienone is 2. The van der Waals surface area contributed by atoms with E-state index < -0.39 is 6.36 Å². The monoisotopic (exact) mass is 646 g/mol. The van der Waals surface area contributed by atoms with Gasteiger partial charge in [-0.2, -0.15) is 4.99 Å². The van der Waals surface area contributed by atoms with Gasteiger partial charge in [-0.1, -0.05) is 61.2 Å². The van der Waals surface area contributed by atoms with Crippen LogP contribution in [0, 0.1) is 0 Å². The van der Waals surface area contributed by atoms with Crippen LogP contribution in [0.1, 0.15) is 50.7 Å². The van der Waals surface area contributed by atoms with E-state index in [1.54, 1.807) is 11.8 Å². The highest BCUT2D eigenvalue weighted by Crippen LogP contribution is 2.35. The third kappa shape index (κ3) is 7.12. The van der Waals surface area contributed by atoms with Gasteiger partial charge >= 0.3 is 12.4 Å². The molecule has 1 aliphatic heterocycles. The molecule has 1 N–H and O–H groups in total. The summed E-state index contributed by atoms with van der Waals surface area (Å²) in [6, 6.07) is 21.4. The lowest BCUT2D eigenvalue weighted by Gasteiger charge is -2.36. The molecule has 4 aromatic rings. The molecule has 0 spiro atoms. The molecular weight excluding hydrogens is 613 g/mol. The maximum Gasteiger partial charge on any atom is 0.573 e. The predicted molar refractivity (Wildman–Crippen MR) is 175 cm³/mol. The quantitative estimate of drug-likeness (QED) is 0.217. The van der Waals surface area contributed by atoms with Crippen molar-refractivity contribution in [3.05, 3.63) is 95.9 Å². The Balaban J connectivity index is 1.16. The Hall–Kier alpha value is -4.58. The molecule has 2 aliphatic rings. The maximum atomic E-state index is 13.3. The Labute approximate surface area is 269 Å². The number of urea groups is 1. The minimum atomic E-state index is -4.75. The predicted octanol–water partition coefficient (Wildman–Crippen LogP) is 8.39. The molecule has 46 heavy (non-hydrogen) atoms. The summed E-state index contributed by atoms with van der Waals surface area (Å²) in [5.41, 5.74) is 6.63. The first-order chi connectivity index (χ1) is 22.2. The number of aliphatic imine (C=N–C) groups is 1. The van der Waals surface area contributed by atoms with Gasteiger partial charge in [-0.05, 0) is 86.1 Å². The van der Waals surface area contributed by atoms with Crippen LogP contribution in [0.15, 0.2) is 89.8 Å². The van der Waals surface area contributed by atoms with Gasteiger partial charge in [0.05, 0.1) is 5.69 Å². The fourth-order valence-electron chi connectivity index (χ4n) is 5.76. The van der Waals surface area contributed by atoms with E-state index in [0.717, 1.165) is 71.1 Å². The van der Waals surface area contributed by atoms with Gasteiger partial charge < -0.3 is 15.0 Å². The van der Waals surface area contributed by atoms with Crippen molar-refractivity contribution in [2.24, 2.45) is 4.99 Å². The van der Waals surface area contributed by atoms with Crippen molar-refractivity contribution in [3.63, 3.8) is 0 Å². The van der Waals surface area contributed by atoms with Gasteiger partial charge in [0.2, 0.25) is 0 Å². The van der Waals surface area contributed by atoms with Crippen LogP contribution < -0.4 is 15.0 Å². The Morgan fingerprint density at radius 2 is 1.78 bits per heavy atom. The van der Waals surface area contributed by atoms with Crippen LogP contribution in [-0.4, -0.2) is 44.1 Å². The second kappa shape index (κ2) is 13.4. The number of para-hydroxylation sites is 1. The molecule has 0 radical (unpaired) electrons. The molecule has 2 heterocycles. The summed E-state index contributed by atoms with van der Waals surface area (Å²) in [6.07, 6.45) is 1.20. The molecular formula is C34H33F3N6O2S. The van der Waals surface area contributed by atoms with Crippen LogP contribution in [0.4, 0.5) is 23.7 Å². The van der Waals surface area contributed by atoms with Crippen molar-refractivity contribution in [3.8, 4) is 22.8 Å². The van der Waals surface area contributed by atoms with Gasteiger partial charge in [-0.3, -0.25) is 0 Å². The second-order valence-corrected chi connectivity index (χ2v) is 12.2. The molecule has 6 rings (SSSR count). The first-order valence-electron chi connectivity index (χ1n) is 15.2. The highest BCUT2D eigenvalue weighted by Gasteiger charge is 2.31. The molecule has 238 valence electrons. The molecule has 3 aromatic carbocycles. The number of aromatic nitrogens is 3. The van der Waals surface area contributed by atoms with Crippen LogP contribution in [-0.2, 0) is 6.42 Å². The van der Waals surface area contributed by atoms with Crippen LogP contribution in [0.5, 0.6) is 5.75 Å². The van der Waals surface area contributed by atoms with E-state index in [-0.39, 0.29) is 17.8 Å². The molecule has 1 saturated heterocycles. The van der Waals surface area contributed by atoms with Gasteiger partial charge in [0.25, 0.3) is 0 Å². The summed E-state index contributed by atoms with van der Waals surface area (Å²) >= 11 is 1.61. The number of nitrogens with zero attached hydrogens (tertiary/aromatic N) is 5. The van der Waals surface area contributed by atoms with Crippen molar-refractivity contribution in [1.29, 1.82) is 0 Å². The zero-order valence-electron chi connectivity index (χ0n) is 25.4. The number of hydrogen-bond donors (Lipinski definition) is 1. The van der Waals surface area contributed by atoms with E-state index in [4.69, 9.17) is 0 Å². The summed E-state index contributed by atoms with van der Waals surface area (Å²) in [7, 11) is 0. The summed E-state index contributed by atoms with van der Waals surface area (Å²) in [5, 5.41) is 8.30. The van der Waals surface area contributed by atoms with Crippen molar-refractivity contribution in [2.45, 2.75) is 58.4 Å². The lowest BCUT2D eigenvalue weighted by atomic mass is 10.0. The van der Waals surface area contributed by atoms with Gasteiger partial charge in [0.15, 0.2) is 11.0 Å². The number of nitrogens with one attached hydrogen (secondary N) is 1. The first kappa shape index (κ1) is 31.4. The number of carbonyl (C=O) groups is 1. The minimum Gasteiger partial charge on any atom is -0.406 e. The zero-order valence-corrected chi connectivity index (χ0v) is 26.2. The summed E-state index contributed by atoms with van der Waals surface area (Å²) < 4.78 is 42.8. The lowest BCUT2D eigenvalue weighted by Crippen LogP contribution is -2.42. The number of carbonyl (C=O) groups excluding carboxylic acids is 1. The lowest BCUT2D eigenvalue weighted by molar-refractivity contribution is -0.274. The average molecular weight is 647 g/mol. The zero-order chi connectivity index (χ0) is 32.3. The molecule has 0 saturated carbocycles. The molecule has 0 bridgehead atoms. The first-order valence-corrected chi connectivity index (χ1v) is 16.2. The fraction of sp³-hybridized carbons (Fsp3) is 0.294. The maximum absolute atomic E-state index is 13.3. The van der Waals surface area contributed by atoms with E-state index in [9.17, 15) is 18.0 Å². The smallest absolute Gasteiger partial charge is 0.406 e. The van der Waals surface area contributed by atoms with Gasteiger partial charge in [-0.25, -0.2) is 14.5 Å². The number of alkyl halides is 3. The summed E-state index contributed by atoms with van der Waals surface area (Å²) in [4.78, 5) is 24.4. The van der Waals surface area contributed by atoms with E-state index >= 15 is 0 Å². The van der Waals surface area contributed by atoms with E-state index in [1.807, 2.05) is 36.4 Å². The molecule has 1 aliphatic carbocycles. The van der Waals surface area contributed by atoms with Crippen molar-refractivity contribution in [1.82, 2.24) is 20.1 Å². The third-order valence-electron chi connectivity index (χ3n) is 8.04. The highest BCUT2D eigenvalue weighted by molar-refractivity contribution is 8.14. The number of halogens is 3. The number of aryl methyl sites for hydroxylation is 1. The minimum absolute atomic E-state index is 0.236. The molecule has 1 aromatic heterocycles. The number of anilines is 1. The van der Waals surface area contributed by atoms with Crippen molar-refractivity contribution >= 4 is 34.2 Å². The number of ether oxygens (including phenoxy) is 1. The van der Waals surface area contributed by atoms with Crippen molar-refractivity contribution < 1.29 is 22.7 Å². The SMILES string of the molecule is CCc1ccccc1N1/C(=N/C(=O)NC2=C(c3ccc(-c4ncn(-c5ccc(OC(F)(F)F)cc5)n4)cc3)CCC2)SCCC1C. The third-order valence-corrected chi connectivity index (χ3v) is 9.02. The Bertz CT molecular complexity index is 1770. The van der Waals surface area contributed by atoms with Crippen molar-refractivity contribution in [2.75, 3.05) is 10.7 Å². The molecule has 12 heteroatoms. The van der Waals surface area contributed by atoms with E-state index in [0.29, 0.717) is 11.5 Å². The standard InChI is InChI=1S/C34H33F3N6O2S/c1-3-23-7-4-5-10-30(23)43-22(2)19-20-46-33(43)40-32(44)39-29-9-6-8-28(29)24-11-13-25(14-12-24)31-38-21-42(41-31)26-15-17-27(18-16-26)45-34(35,36)37/h4-5,7,10-18,21-22H,3,6,8-9,19-20H2,1-2H3,(H,39,44)/b40-33-. The van der Waals surface area contributed by atoms with Crippen LogP contribution in [0.3, 0.4) is 0 Å². The van der Waals surface area contributed by atoms with E-state index in [2.05, 4.69) is 56.0 Å². The number of amidine groups is 1. The van der Waals surface area contributed by atoms with Crippen LogP contribution >= 0.6 is 11.8 Å². The Kier molecular flexibility index (Phi) is 9.16. The molecule has 1 fully saturated rings. The second-order valence-electron chi connectivity index (χ2n) is 11.1. The summed E-state index contributed by atoms with van der Waals surface area (Å²) in [6.45, 7) is 4.31. The van der Waals surface area contributed by atoms with Gasteiger partial charge in [0.1, 0.15) is 12.1 Å². The normalized spacial score (nSPS) is 17.9. The molecule has 1 unspecified atom stereocenters. The number of benzene rings is 3. The molecule has 2 amide bonds. The number of hydrogen-bond acceptors (Lipinski definition) is 5. The van der Waals surface area contributed by atoms with E-state index in [1.165, 1.54) is 40.8 Å². The Morgan fingerprint density at radius 1 is 1.04 bits per heavy atom. The number of rotatable bonds is 7. The highest BCUT2D eigenvalue weighted by atomic mass is 32.2. The average Bonchev–Trinajstić information content (AvgIpc) is 3.71.